The number of carbonyl (C=O) groups excluding carboxylic acids is 1. The number of fused-ring (bicyclic) bond motifs is 1. The van der Waals surface area contributed by atoms with Crippen molar-refractivity contribution < 1.29 is 14.7 Å². The predicted molar refractivity (Wildman–Crippen MR) is 71.3 cm³/mol. The number of aliphatic carboxylic acids is 1. The normalized spacial score (nSPS) is 12.6. The van der Waals surface area contributed by atoms with Crippen molar-refractivity contribution in [1.82, 2.24) is 19.9 Å². The van der Waals surface area contributed by atoms with Crippen LogP contribution in [0.5, 0.6) is 0 Å². The third-order valence-corrected chi connectivity index (χ3v) is 2.88. The number of carbonyl (C=O) groups is 2. The van der Waals surface area contributed by atoms with Crippen LogP contribution >= 0.6 is 0 Å². The molecule has 106 valence electrons. The zero-order valence-corrected chi connectivity index (χ0v) is 11.3. The Morgan fingerprint density at radius 2 is 2.15 bits per heavy atom. The van der Waals surface area contributed by atoms with E-state index in [1.165, 1.54) is 16.9 Å². The molecule has 2 rings (SSSR count). The highest BCUT2D eigenvalue weighted by Crippen LogP contribution is 2.10. The van der Waals surface area contributed by atoms with Crippen molar-refractivity contribution in [2.24, 2.45) is 5.92 Å². The van der Waals surface area contributed by atoms with E-state index < -0.39 is 17.9 Å². The Morgan fingerprint density at radius 3 is 2.80 bits per heavy atom. The molecule has 2 N–H and O–H groups in total. The van der Waals surface area contributed by atoms with Crippen molar-refractivity contribution >= 4 is 17.4 Å². The number of hydrogen-bond acceptors (Lipinski definition) is 4. The maximum atomic E-state index is 12.2. The fourth-order valence-electron chi connectivity index (χ4n) is 1.94. The van der Waals surface area contributed by atoms with Crippen LogP contribution in [0.2, 0.25) is 0 Å². The Balaban J connectivity index is 2.20. The molecule has 0 radical (unpaired) electrons. The molecule has 0 unspecified atom stereocenters. The van der Waals surface area contributed by atoms with Crippen LogP contribution < -0.4 is 5.32 Å². The fourth-order valence-corrected chi connectivity index (χ4v) is 1.94. The quantitative estimate of drug-likeness (QED) is 0.847. The molecular formula is C13H16N4O3. The molecule has 0 aliphatic carbocycles. The second-order valence-electron chi connectivity index (χ2n) is 4.96. The van der Waals surface area contributed by atoms with E-state index in [-0.39, 0.29) is 5.92 Å². The number of amides is 1. The molecule has 0 aromatic carbocycles. The summed E-state index contributed by atoms with van der Waals surface area (Å²) in [5.74, 6) is -1.33. The van der Waals surface area contributed by atoms with Gasteiger partial charge in [0, 0.05) is 12.4 Å². The third kappa shape index (κ3) is 2.93. The summed E-state index contributed by atoms with van der Waals surface area (Å²) in [4.78, 5) is 27.2. The van der Waals surface area contributed by atoms with Crippen LogP contribution in [0.25, 0.3) is 5.52 Å². The summed E-state index contributed by atoms with van der Waals surface area (Å²) in [6, 6.07) is -0.908. The number of rotatable bonds is 5. The number of aromatic nitrogens is 3. The molecule has 0 spiro atoms. The van der Waals surface area contributed by atoms with Gasteiger partial charge in [0.25, 0.3) is 5.91 Å². The zero-order chi connectivity index (χ0) is 14.7. The molecule has 0 bridgehead atoms. The van der Waals surface area contributed by atoms with Gasteiger partial charge in [-0.15, -0.1) is 0 Å². The molecule has 0 aliphatic heterocycles. The van der Waals surface area contributed by atoms with Gasteiger partial charge in [-0.05, 0) is 12.3 Å². The number of nitrogens with one attached hydrogen (secondary N) is 1. The maximum absolute atomic E-state index is 12.2. The number of carboxylic acids is 1. The zero-order valence-electron chi connectivity index (χ0n) is 11.3. The van der Waals surface area contributed by atoms with Crippen molar-refractivity contribution in [3.63, 3.8) is 0 Å². The summed E-state index contributed by atoms with van der Waals surface area (Å²) < 4.78 is 1.51. The molecule has 0 saturated heterocycles. The van der Waals surface area contributed by atoms with Crippen molar-refractivity contribution in [1.29, 1.82) is 0 Å². The van der Waals surface area contributed by atoms with Crippen molar-refractivity contribution in [2.45, 2.75) is 26.3 Å². The van der Waals surface area contributed by atoms with Crippen LogP contribution in [0.1, 0.15) is 30.6 Å². The van der Waals surface area contributed by atoms with Gasteiger partial charge in [-0.3, -0.25) is 9.78 Å². The molecule has 0 aliphatic rings. The summed E-state index contributed by atoms with van der Waals surface area (Å²) in [6.45, 7) is 3.81. The first-order chi connectivity index (χ1) is 9.49. The van der Waals surface area contributed by atoms with E-state index in [0.717, 1.165) is 0 Å². The lowest BCUT2D eigenvalue weighted by Gasteiger charge is -2.15. The average molecular weight is 276 g/mol. The monoisotopic (exact) mass is 276 g/mol. The standard InChI is InChI=1S/C13H16N4O3/c1-8(2)5-10(13(19)20)16-12(18)9-6-15-17-4-3-14-7-11(9)17/h3-4,6-8,10H,5H2,1-2H3,(H,16,18)(H,19,20)/t10-/m1/s1. The first kappa shape index (κ1) is 14.0. The summed E-state index contributed by atoms with van der Waals surface area (Å²) in [5.41, 5.74) is 0.854. The second-order valence-corrected chi connectivity index (χ2v) is 4.96. The predicted octanol–water partition coefficient (Wildman–Crippen LogP) is 0.958. The van der Waals surface area contributed by atoms with E-state index in [2.05, 4.69) is 15.4 Å². The van der Waals surface area contributed by atoms with Crippen LogP contribution in [-0.2, 0) is 4.79 Å². The van der Waals surface area contributed by atoms with Gasteiger partial charge in [0.05, 0.1) is 23.5 Å². The van der Waals surface area contributed by atoms with Crippen LogP contribution in [0.15, 0.2) is 24.8 Å². The molecule has 1 atom stereocenters. The maximum Gasteiger partial charge on any atom is 0.326 e. The van der Waals surface area contributed by atoms with E-state index in [4.69, 9.17) is 5.11 Å². The third-order valence-electron chi connectivity index (χ3n) is 2.88. The first-order valence-corrected chi connectivity index (χ1v) is 6.30. The SMILES string of the molecule is CC(C)C[C@@H](NC(=O)c1cnn2ccncc12)C(=O)O. The fraction of sp³-hybridized carbons (Fsp3) is 0.385. The van der Waals surface area contributed by atoms with E-state index in [1.54, 1.807) is 12.4 Å². The smallest absolute Gasteiger partial charge is 0.326 e. The van der Waals surface area contributed by atoms with Crippen molar-refractivity contribution in [3.05, 3.63) is 30.4 Å². The Kier molecular flexibility index (Phi) is 3.97. The second kappa shape index (κ2) is 5.68. The molecule has 7 nitrogen and oxygen atoms in total. The Morgan fingerprint density at radius 1 is 1.40 bits per heavy atom. The molecule has 2 heterocycles. The van der Waals surface area contributed by atoms with Gasteiger partial charge in [-0.25, -0.2) is 9.31 Å². The summed E-state index contributed by atoms with van der Waals surface area (Å²) in [5, 5.41) is 15.7. The lowest BCUT2D eigenvalue weighted by Crippen LogP contribution is -2.41. The Hall–Kier alpha value is -2.44. The van der Waals surface area contributed by atoms with Crippen LogP contribution in [-0.4, -0.2) is 37.6 Å². The Labute approximate surface area is 115 Å². The minimum Gasteiger partial charge on any atom is -0.480 e. The highest BCUT2D eigenvalue weighted by molar-refractivity contribution is 6.01. The summed E-state index contributed by atoms with van der Waals surface area (Å²) >= 11 is 0. The van der Waals surface area contributed by atoms with Gasteiger partial charge >= 0.3 is 5.97 Å². The van der Waals surface area contributed by atoms with Gasteiger partial charge in [-0.2, -0.15) is 5.10 Å². The number of hydrogen-bond donors (Lipinski definition) is 2. The first-order valence-electron chi connectivity index (χ1n) is 6.30. The van der Waals surface area contributed by atoms with Gasteiger partial charge in [0.15, 0.2) is 0 Å². The molecule has 20 heavy (non-hydrogen) atoms. The van der Waals surface area contributed by atoms with Crippen molar-refractivity contribution in [2.75, 3.05) is 0 Å². The van der Waals surface area contributed by atoms with Crippen LogP contribution in [0, 0.1) is 5.92 Å². The lowest BCUT2D eigenvalue weighted by atomic mass is 10.0. The van der Waals surface area contributed by atoms with E-state index in [1.807, 2.05) is 13.8 Å². The summed E-state index contributed by atoms with van der Waals surface area (Å²) in [7, 11) is 0. The lowest BCUT2D eigenvalue weighted by molar-refractivity contribution is -0.139. The molecule has 2 aromatic heterocycles. The molecule has 2 aromatic rings. The van der Waals surface area contributed by atoms with Gasteiger partial charge in [-0.1, -0.05) is 13.8 Å². The topological polar surface area (TPSA) is 96.6 Å². The largest absolute Gasteiger partial charge is 0.480 e. The van der Waals surface area contributed by atoms with E-state index in [0.29, 0.717) is 17.5 Å². The number of nitrogens with zero attached hydrogens (tertiary/aromatic N) is 3. The van der Waals surface area contributed by atoms with Crippen LogP contribution in [0.4, 0.5) is 0 Å². The van der Waals surface area contributed by atoms with Gasteiger partial charge in [0.1, 0.15) is 6.04 Å². The minimum absolute atomic E-state index is 0.168. The highest BCUT2D eigenvalue weighted by atomic mass is 16.4. The molecule has 0 saturated carbocycles. The average Bonchev–Trinajstić information content (AvgIpc) is 2.81. The van der Waals surface area contributed by atoms with Crippen molar-refractivity contribution in [3.8, 4) is 0 Å². The molecular weight excluding hydrogens is 260 g/mol. The van der Waals surface area contributed by atoms with E-state index in [9.17, 15) is 9.59 Å². The van der Waals surface area contributed by atoms with Gasteiger partial charge < -0.3 is 10.4 Å². The summed E-state index contributed by atoms with van der Waals surface area (Å²) in [6.07, 6.45) is 6.47. The molecule has 1 amide bonds. The highest BCUT2D eigenvalue weighted by Gasteiger charge is 2.23. The molecule has 0 fully saturated rings. The number of carboxylic acid groups (broad SMARTS) is 1. The van der Waals surface area contributed by atoms with Crippen LogP contribution in [0.3, 0.4) is 0 Å². The van der Waals surface area contributed by atoms with Gasteiger partial charge in [0.2, 0.25) is 0 Å². The Bertz CT molecular complexity index is 635. The minimum atomic E-state index is -1.04. The molecule has 7 heteroatoms. The van der Waals surface area contributed by atoms with E-state index >= 15 is 0 Å².